The molecule has 0 aromatic heterocycles. The molecule has 136 valence electrons. The van der Waals surface area contributed by atoms with Gasteiger partial charge in [-0.15, -0.1) is 0 Å². The zero-order valence-corrected chi connectivity index (χ0v) is 14.4. The van der Waals surface area contributed by atoms with Gasteiger partial charge in [-0.1, -0.05) is 12.1 Å². The van der Waals surface area contributed by atoms with Crippen LogP contribution in [0.25, 0.3) is 0 Å². The minimum Gasteiger partial charge on any atom is -0.493 e. The van der Waals surface area contributed by atoms with Crippen LogP contribution in [0.5, 0.6) is 5.75 Å². The Balaban J connectivity index is 1.49. The van der Waals surface area contributed by atoms with Gasteiger partial charge in [0.25, 0.3) is 0 Å². The van der Waals surface area contributed by atoms with E-state index < -0.39 is 5.97 Å². The number of carbonyl (C=O) groups excluding carboxylic acids is 1. The summed E-state index contributed by atoms with van der Waals surface area (Å²) in [5.74, 6) is 0.657. The Hall–Kier alpha value is -3.02. The summed E-state index contributed by atoms with van der Waals surface area (Å²) in [4.78, 5) is 22.8. The van der Waals surface area contributed by atoms with Crippen LogP contribution < -0.4 is 15.4 Å². The van der Waals surface area contributed by atoms with Crippen LogP contribution in [0.2, 0.25) is 0 Å². The van der Waals surface area contributed by atoms with Gasteiger partial charge in [-0.2, -0.15) is 0 Å². The lowest BCUT2D eigenvalue weighted by Gasteiger charge is -2.10. The standard InChI is InChI=1S/C20H22N2O4/c23-19(24)11-6-14-2-1-3-17(12-14)22-20(25)21-16-7-9-18(10-8-16)26-13-15-4-5-15/h1-3,7-10,12,15H,4-6,11,13H2,(H,23,24)(H2,21,22,25). The number of nitrogens with one attached hydrogen (secondary N) is 2. The molecule has 6 heteroatoms. The molecule has 1 saturated carbocycles. The molecule has 1 aliphatic carbocycles. The van der Waals surface area contributed by atoms with E-state index in [2.05, 4.69) is 10.6 Å². The van der Waals surface area contributed by atoms with Crippen LogP contribution in [-0.2, 0) is 11.2 Å². The first-order valence-electron chi connectivity index (χ1n) is 8.70. The maximum atomic E-state index is 12.1. The largest absolute Gasteiger partial charge is 0.493 e. The second kappa shape index (κ2) is 8.38. The molecule has 26 heavy (non-hydrogen) atoms. The van der Waals surface area contributed by atoms with Crippen molar-refractivity contribution in [1.82, 2.24) is 0 Å². The smallest absolute Gasteiger partial charge is 0.323 e. The quantitative estimate of drug-likeness (QED) is 0.665. The number of carbonyl (C=O) groups is 2. The number of hydrogen-bond donors (Lipinski definition) is 3. The van der Waals surface area contributed by atoms with Crippen molar-refractivity contribution in [3.05, 3.63) is 54.1 Å². The van der Waals surface area contributed by atoms with Gasteiger partial charge in [0.05, 0.1) is 6.61 Å². The van der Waals surface area contributed by atoms with Crippen LogP contribution in [-0.4, -0.2) is 23.7 Å². The van der Waals surface area contributed by atoms with Gasteiger partial charge < -0.3 is 20.5 Å². The molecule has 0 radical (unpaired) electrons. The highest BCUT2D eigenvalue weighted by atomic mass is 16.5. The van der Waals surface area contributed by atoms with Crippen molar-refractivity contribution in [3.8, 4) is 5.75 Å². The first kappa shape index (κ1) is 17.8. The van der Waals surface area contributed by atoms with Crippen LogP contribution in [0.1, 0.15) is 24.8 Å². The normalized spacial score (nSPS) is 13.1. The average Bonchev–Trinajstić information content (AvgIpc) is 3.44. The number of carboxylic acids is 1. The first-order valence-corrected chi connectivity index (χ1v) is 8.70. The van der Waals surface area contributed by atoms with Gasteiger partial charge in [0.15, 0.2) is 0 Å². The topological polar surface area (TPSA) is 87.7 Å². The fourth-order valence-electron chi connectivity index (χ4n) is 2.48. The molecule has 1 fully saturated rings. The van der Waals surface area contributed by atoms with Crippen molar-refractivity contribution >= 4 is 23.4 Å². The minimum absolute atomic E-state index is 0.0603. The molecule has 2 aromatic carbocycles. The Kier molecular flexibility index (Phi) is 5.73. The predicted octanol–water partition coefficient (Wildman–Crippen LogP) is 4.14. The third-order valence-electron chi connectivity index (χ3n) is 4.11. The number of aryl methyl sites for hydroxylation is 1. The van der Waals surface area contributed by atoms with E-state index in [1.807, 2.05) is 18.2 Å². The lowest BCUT2D eigenvalue weighted by molar-refractivity contribution is -0.136. The van der Waals surface area contributed by atoms with Crippen molar-refractivity contribution in [2.24, 2.45) is 5.92 Å². The summed E-state index contributed by atoms with van der Waals surface area (Å²) >= 11 is 0. The first-order chi connectivity index (χ1) is 12.6. The number of urea groups is 1. The van der Waals surface area contributed by atoms with Crippen molar-refractivity contribution in [2.75, 3.05) is 17.2 Å². The van der Waals surface area contributed by atoms with Crippen LogP contribution in [0.4, 0.5) is 16.2 Å². The van der Waals surface area contributed by atoms with E-state index in [1.54, 1.807) is 30.3 Å². The zero-order chi connectivity index (χ0) is 18.4. The number of amides is 2. The molecule has 0 bridgehead atoms. The number of carboxylic acid groups (broad SMARTS) is 1. The molecule has 0 unspecified atom stereocenters. The van der Waals surface area contributed by atoms with Gasteiger partial charge in [0.2, 0.25) is 0 Å². The van der Waals surface area contributed by atoms with E-state index in [-0.39, 0.29) is 12.5 Å². The van der Waals surface area contributed by atoms with Crippen molar-refractivity contribution in [1.29, 1.82) is 0 Å². The molecule has 3 N–H and O–H groups in total. The summed E-state index contributed by atoms with van der Waals surface area (Å²) < 4.78 is 5.67. The maximum absolute atomic E-state index is 12.1. The molecule has 0 aliphatic heterocycles. The molecular weight excluding hydrogens is 332 g/mol. The Morgan fingerprint density at radius 2 is 1.77 bits per heavy atom. The van der Waals surface area contributed by atoms with Crippen LogP contribution in [0.15, 0.2) is 48.5 Å². The number of anilines is 2. The van der Waals surface area contributed by atoms with Gasteiger partial charge in [-0.25, -0.2) is 4.79 Å². The molecule has 3 rings (SSSR count). The van der Waals surface area contributed by atoms with Crippen LogP contribution >= 0.6 is 0 Å². The Bertz CT molecular complexity index is 770. The summed E-state index contributed by atoms with van der Waals surface area (Å²) in [6, 6.07) is 14.1. The van der Waals surface area contributed by atoms with E-state index in [0.29, 0.717) is 23.7 Å². The molecule has 0 saturated heterocycles. The SMILES string of the molecule is O=C(O)CCc1cccc(NC(=O)Nc2ccc(OCC3CC3)cc2)c1. The second-order valence-corrected chi connectivity index (χ2v) is 6.45. The molecular formula is C20H22N2O4. The summed E-state index contributed by atoms with van der Waals surface area (Å²) in [5, 5.41) is 14.3. The highest BCUT2D eigenvalue weighted by Crippen LogP contribution is 2.29. The van der Waals surface area contributed by atoms with Gasteiger partial charge >= 0.3 is 12.0 Å². The van der Waals surface area contributed by atoms with Gasteiger partial charge in [0.1, 0.15) is 5.75 Å². The predicted molar refractivity (Wildman–Crippen MR) is 99.7 cm³/mol. The van der Waals surface area contributed by atoms with Crippen molar-refractivity contribution in [2.45, 2.75) is 25.7 Å². The average molecular weight is 354 g/mol. The Labute approximate surface area is 152 Å². The number of ether oxygens (including phenoxy) is 1. The van der Waals surface area contributed by atoms with E-state index in [9.17, 15) is 9.59 Å². The lowest BCUT2D eigenvalue weighted by Crippen LogP contribution is -2.19. The maximum Gasteiger partial charge on any atom is 0.323 e. The van der Waals surface area contributed by atoms with Crippen LogP contribution in [0.3, 0.4) is 0 Å². The fourth-order valence-corrected chi connectivity index (χ4v) is 2.48. The monoisotopic (exact) mass is 354 g/mol. The summed E-state index contributed by atoms with van der Waals surface area (Å²) in [6.07, 6.45) is 2.98. The van der Waals surface area contributed by atoms with E-state index in [4.69, 9.17) is 9.84 Å². The molecule has 1 aliphatic rings. The third-order valence-corrected chi connectivity index (χ3v) is 4.11. The molecule has 2 amide bonds. The van der Waals surface area contributed by atoms with E-state index in [0.717, 1.165) is 17.9 Å². The van der Waals surface area contributed by atoms with Gasteiger partial charge in [-0.05, 0) is 67.1 Å². The molecule has 2 aromatic rings. The highest BCUT2D eigenvalue weighted by Gasteiger charge is 2.21. The summed E-state index contributed by atoms with van der Waals surface area (Å²) in [6.45, 7) is 0.755. The van der Waals surface area contributed by atoms with Crippen molar-refractivity contribution < 1.29 is 19.4 Å². The number of rotatable bonds is 8. The number of aliphatic carboxylic acids is 1. The number of hydrogen-bond acceptors (Lipinski definition) is 3. The van der Waals surface area contributed by atoms with E-state index >= 15 is 0 Å². The molecule has 6 nitrogen and oxygen atoms in total. The molecule has 0 atom stereocenters. The third kappa shape index (κ3) is 5.81. The zero-order valence-electron chi connectivity index (χ0n) is 14.4. The highest BCUT2D eigenvalue weighted by molar-refractivity contribution is 5.99. The van der Waals surface area contributed by atoms with Crippen LogP contribution in [0, 0.1) is 5.92 Å². The Morgan fingerprint density at radius 3 is 2.46 bits per heavy atom. The summed E-state index contributed by atoms with van der Waals surface area (Å²) in [7, 11) is 0. The van der Waals surface area contributed by atoms with Crippen molar-refractivity contribution in [3.63, 3.8) is 0 Å². The fraction of sp³-hybridized carbons (Fsp3) is 0.300. The molecule has 0 heterocycles. The number of benzene rings is 2. The second-order valence-electron chi connectivity index (χ2n) is 6.45. The van der Waals surface area contributed by atoms with Gasteiger partial charge in [0, 0.05) is 17.8 Å². The van der Waals surface area contributed by atoms with Gasteiger partial charge in [-0.3, -0.25) is 4.79 Å². The minimum atomic E-state index is -0.842. The summed E-state index contributed by atoms with van der Waals surface area (Å²) in [5.41, 5.74) is 2.15. The molecule has 0 spiro atoms. The Morgan fingerprint density at radius 1 is 1.04 bits per heavy atom. The lowest BCUT2D eigenvalue weighted by atomic mass is 10.1. The van der Waals surface area contributed by atoms with E-state index in [1.165, 1.54) is 12.8 Å².